The lowest BCUT2D eigenvalue weighted by atomic mass is 9.97. The number of hydrogen-bond acceptors (Lipinski definition) is 8. The van der Waals surface area contributed by atoms with Gasteiger partial charge in [-0.25, -0.2) is 14.4 Å². The molecule has 1 aliphatic heterocycles. The van der Waals surface area contributed by atoms with Crippen molar-refractivity contribution in [2.45, 2.75) is 51.2 Å². The molecule has 0 aliphatic carbocycles. The third kappa shape index (κ3) is 4.23. The lowest BCUT2D eigenvalue weighted by Crippen LogP contribution is -2.34. The summed E-state index contributed by atoms with van der Waals surface area (Å²) in [4.78, 5) is 11.4. The Morgan fingerprint density at radius 2 is 2.18 bits per heavy atom. The highest BCUT2D eigenvalue weighted by atomic mass is 19.1. The maximum absolute atomic E-state index is 14.4. The third-order valence-corrected chi connectivity index (χ3v) is 6.37. The molecule has 180 valence electrons. The molecule has 0 bridgehead atoms. The molecule has 3 N–H and O–H groups in total. The number of aliphatic hydroxyl groups excluding tert-OH is 1. The second kappa shape index (κ2) is 9.05. The zero-order valence-corrected chi connectivity index (χ0v) is 19.4. The van der Waals surface area contributed by atoms with Crippen molar-refractivity contribution < 1.29 is 14.2 Å². The molecule has 0 saturated carbocycles. The van der Waals surface area contributed by atoms with Crippen LogP contribution in [0.15, 0.2) is 24.5 Å². The van der Waals surface area contributed by atoms with Crippen LogP contribution in [0, 0.1) is 5.82 Å². The van der Waals surface area contributed by atoms with Crippen LogP contribution in [0.25, 0.3) is 16.6 Å². The van der Waals surface area contributed by atoms with Crippen LogP contribution in [0.4, 0.5) is 16.0 Å². The summed E-state index contributed by atoms with van der Waals surface area (Å²) in [6.45, 7) is 4.26. The van der Waals surface area contributed by atoms with E-state index in [1.54, 1.807) is 6.92 Å². The average Bonchev–Trinajstić information content (AvgIpc) is 3.48. The van der Waals surface area contributed by atoms with Crippen molar-refractivity contribution in [3.63, 3.8) is 0 Å². The predicted octanol–water partition coefficient (Wildman–Crippen LogP) is 2.75. The Morgan fingerprint density at radius 3 is 2.97 bits per heavy atom. The second-order valence-corrected chi connectivity index (χ2v) is 8.92. The van der Waals surface area contributed by atoms with E-state index in [4.69, 9.17) is 15.5 Å². The van der Waals surface area contributed by atoms with Crippen LogP contribution in [0.2, 0.25) is 0 Å². The number of fused-ring (bicyclic) bond motifs is 3. The minimum absolute atomic E-state index is 0.102. The number of halogens is 1. The second-order valence-electron chi connectivity index (χ2n) is 8.92. The Morgan fingerprint density at radius 1 is 1.32 bits per heavy atom. The van der Waals surface area contributed by atoms with Gasteiger partial charge in [0.05, 0.1) is 30.6 Å². The summed E-state index contributed by atoms with van der Waals surface area (Å²) < 4.78 is 22.9. The zero-order chi connectivity index (χ0) is 23.8. The molecule has 1 fully saturated rings. The van der Waals surface area contributed by atoms with Gasteiger partial charge in [0.2, 0.25) is 5.95 Å². The fourth-order valence-corrected chi connectivity index (χ4v) is 4.59. The highest BCUT2D eigenvalue weighted by Gasteiger charge is 2.27. The molecule has 5 rings (SSSR count). The van der Waals surface area contributed by atoms with Crippen LogP contribution in [0.5, 0.6) is 5.75 Å². The van der Waals surface area contributed by atoms with Crippen LogP contribution in [0.1, 0.15) is 44.3 Å². The van der Waals surface area contributed by atoms with Crippen molar-refractivity contribution in [1.29, 1.82) is 0 Å². The lowest BCUT2D eigenvalue weighted by molar-refractivity contribution is 0.179. The molecule has 0 amide bonds. The molecule has 1 aromatic carbocycles. The van der Waals surface area contributed by atoms with Gasteiger partial charge in [0.15, 0.2) is 23.0 Å². The predicted molar refractivity (Wildman–Crippen MR) is 127 cm³/mol. The quantitative estimate of drug-likeness (QED) is 0.425. The number of aryl methyl sites for hydroxylation is 1. The van der Waals surface area contributed by atoms with Gasteiger partial charge in [0.1, 0.15) is 0 Å². The Bertz CT molecular complexity index is 1320. The summed E-state index contributed by atoms with van der Waals surface area (Å²) >= 11 is 0. The van der Waals surface area contributed by atoms with Crippen LogP contribution >= 0.6 is 0 Å². The fourth-order valence-electron chi connectivity index (χ4n) is 4.59. The van der Waals surface area contributed by atoms with Gasteiger partial charge in [-0.1, -0.05) is 0 Å². The first kappa shape index (κ1) is 22.3. The Labute approximate surface area is 196 Å². The maximum Gasteiger partial charge on any atom is 0.223 e. The molecule has 4 heterocycles. The van der Waals surface area contributed by atoms with E-state index in [1.165, 1.54) is 23.8 Å². The molecule has 0 radical (unpaired) electrons. The van der Waals surface area contributed by atoms with Crippen LogP contribution < -0.4 is 15.4 Å². The number of rotatable bonds is 7. The zero-order valence-electron chi connectivity index (χ0n) is 19.4. The van der Waals surface area contributed by atoms with Gasteiger partial charge in [-0.05, 0) is 38.7 Å². The highest BCUT2D eigenvalue weighted by molar-refractivity contribution is 5.93. The summed E-state index contributed by atoms with van der Waals surface area (Å²) in [7, 11) is 1.41. The molecule has 0 unspecified atom stereocenters. The van der Waals surface area contributed by atoms with Crippen LogP contribution in [0.3, 0.4) is 0 Å². The van der Waals surface area contributed by atoms with E-state index in [1.807, 2.05) is 17.1 Å². The number of anilines is 2. The van der Waals surface area contributed by atoms with Crippen molar-refractivity contribution in [1.82, 2.24) is 29.4 Å². The van der Waals surface area contributed by atoms with E-state index < -0.39 is 5.82 Å². The number of piperidine rings is 1. The van der Waals surface area contributed by atoms with Crippen LogP contribution in [-0.2, 0) is 6.54 Å². The smallest absolute Gasteiger partial charge is 0.223 e. The molecule has 1 saturated heterocycles. The molecule has 10 nitrogen and oxygen atoms in total. The van der Waals surface area contributed by atoms with Crippen molar-refractivity contribution in [2.24, 2.45) is 0 Å². The van der Waals surface area contributed by atoms with Crippen molar-refractivity contribution in [3.05, 3.63) is 36.2 Å². The number of benzene rings is 1. The van der Waals surface area contributed by atoms with E-state index in [0.29, 0.717) is 22.4 Å². The molecule has 3 aromatic heterocycles. The van der Waals surface area contributed by atoms with Crippen molar-refractivity contribution >= 4 is 28.2 Å². The van der Waals surface area contributed by atoms with Gasteiger partial charge >= 0.3 is 0 Å². The van der Waals surface area contributed by atoms with Gasteiger partial charge < -0.3 is 20.5 Å². The molecule has 0 spiro atoms. The van der Waals surface area contributed by atoms with E-state index in [2.05, 4.69) is 20.1 Å². The molecule has 4 aromatic rings. The maximum atomic E-state index is 14.4. The number of nitrogens with zero attached hydrogens (tertiary/aromatic N) is 7. The van der Waals surface area contributed by atoms with Crippen LogP contribution in [-0.4, -0.2) is 60.8 Å². The number of nitrogens with two attached hydrogens (primary N) is 1. The van der Waals surface area contributed by atoms with E-state index in [0.717, 1.165) is 51.0 Å². The SMILES string of the molecule is COc1cc2nc(N)n3nc([C@@H]4CCCN(c5cnn(CCC[C@@H](C)O)c5)C4)nc3c2cc1F. The number of aromatic nitrogens is 6. The number of methoxy groups -OCH3 is 1. The molecule has 2 atom stereocenters. The van der Waals surface area contributed by atoms with E-state index in [-0.39, 0.29) is 23.7 Å². The number of aliphatic hydroxyl groups is 1. The molecule has 1 aliphatic rings. The van der Waals surface area contributed by atoms with Gasteiger partial charge in [-0.2, -0.15) is 9.61 Å². The largest absolute Gasteiger partial charge is 0.494 e. The Balaban J connectivity index is 1.39. The lowest BCUT2D eigenvalue weighted by Gasteiger charge is -2.32. The first-order chi connectivity index (χ1) is 16.4. The summed E-state index contributed by atoms with van der Waals surface area (Å²) in [5.74, 6) is 0.595. The minimum Gasteiger partial charge on any atom is -0.494 e. The molecule has 11 heteroatoms. The van der Waals surface area contributed by atoms with E-state index >= 15 is 0 Å². The Kier molecular flexibility index (Phi) is 5.94. The Hall–Kier alpha value is -3.47. The normalized spacial score (nSPS) is 17.5. The van der Waals surface area contributed by atoms with E-state index in [9.17, 15) is 9.50 Å². The topological polar surface area (TPSA) is 120 Å². The minimum atomic E-state index is -0.484. The van der Waals surface area contributed by atoms with Gasteiger partial charge in [0, 0.05) is 43.2 Å². The first-order valence-electron chi connectivity index (χ1n) is 11.6. The summed E-state index contributed by atoms with van der Waals surface area (Å²) in [5.41, 5.74) is 8.21. The van der Waals surface area contributed by atoms with Gasteiger partial charge in [0.25, 0.3) is 0 Å². The van der Waals surface area contributed by atoms with Crippen molar-refractivity contribution in [3.8, 4) is 5.75 Å². The molecular weight excluding hydrogens is 439 g/mol. The number of nitrogen functional groups attached to an aromatic ring is 1. The molecular formula is C23H29FN8O2. The number of hydrogen-bond donors (Lipinski definition) is 2. The number of ether oxygens (including phenoxy) is 1. The third-order valence-electron chi connectivity index (χ3n) is 6.37. The summed E-state index contributed by atoms with van der Waals surface area (Å²) in [6.07, 6.45) is 7.21. The van der Waals surface area contributed by atoms with Gasteiger partial charge in [-0.15, -0.1) is 5.10 Å². The average molecular weight is 469 g/mol. The fraction of sp³-hybridized carbons (Fsp3) is 0.478. The molecule has 34 heavy (non-hydrogen) atoms. The van der Waals surface area contributed by atoms with Crippen molar-refractivity contribution in [2.75, 3.05) is 30.8 Å². The summed E-state index contributed by atoms with van der Waals surface area (Å²) in [5, 5.41) is 19.1. The standard InChI is InChI=1S/C23H29FN8O2/c1-14(33)5-3-8-31-13-16(11-26-31)30-7-4-6-15(12-30)21-28-22-17-9-18(24)20(34-2)10-19(17)27-23(25)32(22)29-21/h9-11,13-15,33H,3-8,12H2,1-2H3,(H2,25,27)/t14-,15-/m1/s1. The summed E-state index contributed by atoms with van der Waals surface area (Å²) in [6, 6.07) is 2.89. The monoisotopic (exact) mass is 468 g/mol. The highest BCUT2D eigenvalue weighted by Crippen LogP contribution is 2.31. The first-order valence-corrected chi connectivity index (χ1v) is 11.6. The van der Waals surface area contributed by atoms with Gasteiger partial charge in [-0.3, -0.25) is 4.68 Å².